The van der Waals surface area contributed by atoms with Gasteiger partial charge in [0.1, 0.15) is 6.04 Å². The van der Waals surface area contributed by atoms with Crippen molar-refractivity contribution in [2.45, 2.75) is 46.8 Å². The van der Waals surface area contributed by atoms with E-state index in [1.54, 1.807) is 6.92 Å². The number of nitrogens with one attached hydrogen (secondary N) is 1. The summed E-state index contributed by atoms with van der Waals surface area (Å²) in [6, 6.07) is 1.81. The van der Waals surface area contributed by atoms with Crippen LogP contribution in [0.2, 0.25) is 0 Å². The molecule has 35 heavy (non-hydrogen) atoms. The van der Waals surface area contributed by atoms with Gasteiger partial charge in [-0.2, -0.15) is 9.78 Å². The fourth-order valence-corrected chi connectivity index (χ4v) is 3.82. The summed E-state index contributed by atoms with van der Waals surface area (Å²) in [4.78, 5) is 27.9. The first kappa shape index (κ1) is 24.5. The summed E-state index contributed by atoms with van der Waals surface area (Å²) in [7, 11) is 1.48. The minimum Gasteiger partial charge on any atom is -0.408 e. The molecule has 0 fully saturated rings. The number of carbonyl (C=O) groups is 2. The molecule has 0 saturated carbocycles. The van der Waals surface area contributed by atoms with Crippen LogP contribution in [0.1, 0.15) is 37.9 Å². The van der Waals surface area contributed by atoms with Crippen LogP contribution in [0.25, 0.3) is 11.3 Å². The zero-order valence-corrected chi connectivity index (χ0v) is 20.1. The van der Waals surface area contributed by atoms with Gasteiger partial charge in [0.05, 0.1) is 24.6 Å². The largest absolute Gasteiger partial charge is 0.408 e. The van der Waals surface area contributed by atoms with Crippen molar-refractivity contribution < 1.29 is 27.5 Å². The Morgan fingerprint density at radius 3 is 2.57 bits per heavy atom. The van der Waals surface area contributed by atoms with Gasteiger partial charge in [-0.25, -0.2) is 13.6 Å². The number of rotatable bonds is 4. The van der Waals surface area contributed by atoms with Crippen molar-refractivity contribution in [2.75, 3.05) is 18.6 Å². The molecule has 1 aromatic carbocycles. The molecule has 1 aliphatic heterocycles. The van der Waals surface area contributed by atoms with Crippen LogP contribution in [0.5, 0.6) is 0 Å². The Hall–Kier alpha value is -3.67. The third-order valence-electron chi connectivity index (χ3n) is 5.72. The van der Waals surface area contributed by atoms with Gasteiger partial charge in [0.15, 0.2) is 11.6 Å². The number of anilines is 1. The van der Waals surface area contributed by atoms with E-state index in [2.05, 4.69) is 20.6 Å². The van der Waals surface area contributed by atoms with E-state index >= 15 is 0 Å². The molecule has 2 amide bonds. The summed E-state index contributed by atoms with van der Waals surface area (Å²) in [5.41, 5.74) is 1.12. The van der Waals surface area contributed by atoms with Gasteiger partial charge >= 0.3 is 12.0 Å². The third kappa shape index (κ3) is 4.78. The van der Waals surface area contributed by atoms with Crippen molar-refractivity contribution in [2.24, 2.45) is 5.41 Å². The van der Waals surface area contributed by atoms with Gasteiger partial charge in [-0.1, -0.05) is 25.9 Å². The number of fused-ring (bicyclic) bond motifs is 1. The van der Waals surface area contributed by atoms with Crippen LogP contribution in [-0.2, 0) is 22.6 Å². The molecule has 1 N–H and O–H groups in total. The van der Waals surface area contributed by atoms with E-state index in [0.717, 1.165) is 16.8 Å². The number of aromatic nitrogens is 4. The van der Waals surface area contributed by atoms with E-state index in [9.17, 15) is 18.4 Å². The van der Waals surface area contributed by atoms with E-state index in [1.165, 1.54) is 18.0 Å². The normalized spacial score (nSPS) is 14.4. The maximum absolute atomic E-state index is 13.9. The van der Waals surface area contributed by atoms with Gasteiger partial charge in [0, 0.05) is 31.5 Å². The highest BCUT2D eigenvalue weighted by Gasteiger charge is 2.38. The summed E-state index contributed by atoms with van der Waals surface area (Å²) in [5.74, 6) is -2.17. The molecule has 3 aromatic rings. The van der Waals surface area contributed by atoms with Gasteiger partial charge in [-0.05, 0) is 23.6 Å². The fraction of sp³-hybridized carbons (Fsp3) is 0.435. The average molecular weight is 488 g/mol. The molecule has 12 heteroatoms. The molecule has 0 saturated heterocycles. The van der Waals surface area contributed by atoms with Crippen LogP contribution >= 0.6 is 0 Å². The maximum Gasteiger partial charge on any atom is 0.343 e. The Kier molecular flexibility index (Phi) is 6.41. The third-order valence-corrected chi connectivity index (χ3v) is 5.72. The maximum atomic E-state index is 13.9. The molecule has 0 spiro atoms. The van der Waals surface area contributed by atoms with Gasteiger partial charge in [0.25, 0.3) is 5.91 Å². The van der Waals surface area contributed by atoms with E-state index < -0.39 is 35.0 Å². The number of ether oxygens (including phenoxy) is 1. The van der Waals surface area contributed by atoms with Crippen molar-refractivity contribution in [3.05, 3.63) is 47.0 Å². The molecule has 0 bridgehead atoms. The first-order chi connectivity index (χ1) is 16.5. The van der Waals surface area contributed by atoms with Crippen LogP contribution < -0.4 is 10.2 Å². The van der Waals surface area contributed by atoms with Gasteiger partial charge in [-0.15, -0.1) is 5.10 Å². The lowest BCUT2D eigenvalue weighted by atomic mass is 9.86. The van der Waals surface area contributed by atoms with Gasteiger partial charge in [-0.3, -0.25) is 9.69 Å². The molecule has 0 radical (unpaired) electrons. The molecule has 186 valence electrons. The van der Waals surface area contributed by atoms with E-state index in [4.69, 9.17) is 9.15 Å². The monoisotopic (exact) mass is 488 g/mol. The number of amides is 2. The quantitative estimate of drug-likeness (QED) is 0.600. The van der Waals surface area contributed by atoms with Crippen LogP contribution in [0.15, 0.2) is 22.6 Å². The zero-order valence-electron chi connectivity index (χ0n) is 20.1. The second-order valence-corrected chi connectivity index (χ2v) is 9.37. The number of nitrogens with zero attached hydrogens (tertiary/aromatic N) is 5. The van der Waals surface area contributed by atoms with Crippen LogP contribution in [0.4, 0.5) is 19.6 Å². The summed E-state index contributed by atoms with van der Waals surface area (Å²) in [6.07, 6.45) is 0.384. The molecule has 1 atom stereocenters. The number of hydrogen-bond donors (Lipinski definition) is 1. The van der Waals surface area contributed by atoms with E-state index in [0.29, 0.717) is 41.4 Å². The SMILES string of the molecule is Cc1nnc(N(C)C(=O)[C@@H](NC(=O)n2nc(-c3ccc(F)c(F)c3)c3c2CCOC3)C(C)(C)C)o1. The molecule has 10 nitrogen and oxygen atoms in total. The predicted molar refractivity (Wildman–Crippen MR) is 121 cm³/mol. The fourth-order valence-electron chi connectivity index (χ4n) is 3.82. The lowest BCUT2D eigenvalue weighted by Gasteiger charge is -2.32. The summed E-state index contributed by atoms with van der Waals surface area (Å²) >= 11 is 0. The Bertz CT molecular complexity index is 1280. The summed E-state index contributed by atoms with van der Waals surface area (Å²) in [6.45, 7) is 7.56. The number of aryl methyl sites for hydroxylation is 1. The Morgan fingerprint density at radius 1 is 1.20 bits per heavy atom. The topological polar surface area (TPSA) is 115 Å². The molecule has 4 rings (SSSR count). The van der Waals surface area contributed by atoms with Crippen LogP contribution in [0.3, 0.4) is 0 Å². The van der Waals surface area contributed by atoms with Crippen molar-refractivity contribution in [1.82, 2.24) is 25.3 Å². The second kappa shape index (κ2) is 9.17. The smallest absolute Gasteiger partial charge is 0.343 e. The first-order valence-electron chi connectivity index (χ1n) is 11.0. The van der Waals surface area contributed by atoms with Crippen molar-refractivity contribution in [1.29, 1.82) is 0 Å². The van der Waals surface area contributed by atoms with Crippen molar-refractivity contribution in [3.63, 3.8) is 0 Å². The molecule has 2 aromatic heterocycles. The number of halogens is 2. The molecule has 0 unspecified atom stereocenters. The average Bonchev–Trinajstić information content (AvgIpc) is 3.41. The number of likely N-dealkylation sites (N-methyl/N-ethyl adjacent to an activating group) is 1. The van der Waals surface area contributed by atoms with E-state index in [1.807, 2.05) is 20.8 Å². The molecular formula is C23H26F2N6O4. The minimum absolute atomic E-state index is 0.00485. The van der Waals surface area contributed by atoms with E-state index in [-0.39, 0.29) is 12.6 Å². The predicted octanol–water partition coefficient (Wildman–Crippen LogP) is 3.23. The highest BCUT2D eigenvalue weighted by atomic mass is 19.2. The number of benzene rings is 1. The second-order valence-electron chi connectivity index (χ2n) is 9.37. The Balaban J connectivity index is 1.67. The van der Waals surface area contributed by atoms with Gasteiger partial charge in [0.2, 0.25) is 5.89 Å². The lowest BCUT2D eigenvalue weighted by Crippen LogP contribution is -2.55. The Morgan fingerprint density at radius 2 is 1.94 bits per heavy atom. The molecular weight excluding hydrogens is 462 g/mol. The standard InChI is InChI=1S/C23H26F2N6O4/c1-12-27-28-22(35-12)30(5)20(32)19(23(2,3)4)26-21(33)31-17-8-9-34-11-14(17)18(29-31)13-6-7-15(24)16(25)10-13/h6-7,10,19H,8-9,11H2,1-5H3,(H,26,33)/t19-/m1/s1. The Labute approximate surface area is 200 Å². The first-order valence-corrected chi connectivity index (χ1v) is 11.0. The van der Waals surface area contributed by atoms with Gasteiger partial charge < -0.3 is 14.5 Å². The van der Waals surface area contributed by atoms with Crippen LogP contribution in [0, 0.1) is 24.0 Å². The van der Waals surface area contributed by atoms with Crippen LogP contribution in [-0.4, -0.2) is 51.6 Å². The minimum atomic E-state index is -1.02. The summed E-state index contributed by atoms with van der Waals surface area (Å²) in [5, 5.41) is 14.8. The zero-order chi connectivity index (χ0) is 25.5. The highest BCUT2D eigenvalue weighted by molar-refractivity contribution is 5.98. The summed E-state index contributed by atoms with van der Waals surface area (Å²) < 4.78 is 39.4. The molecule has 3 heterocycles. The lowest BCUT2D eigenvalue weighted by molar-refractivity contribution is -0.122. The van der Waals surface area contributed by atoms with Crippen molar-refractivity contribution in [3.8, 4) is 11.3 Å². The number of carbonyl (C=O) groups excluding carboxylic acids is 2. The number of hydrogen-bond acceptors (Lipinski definition) is 7. The highest BCUT2D eigenvalue weighted by Crippen LogP contribution is 2.30. The van der Waals surface area contributed by atoms with Crippen molar-refractivity contribution >= 4 is 18.0 Å². The molecule has 0 aliphatic carbocycles. The molecule has 1 aliphatic rings.